The van der Waals surface area contributed by atoms with Crippen molar-refractivity contribution in [2.45, 2.75) is 135 Å². The van der Waals surface area contributed by atoms with Crippen molar-refractivity contribution < 1.29 is 0 Å². The smallest absolute Gasteiger partial charge is 0.00891 e. The maximum absolute atomic E-state index is 2.46. The number of hydrogen-bond donors (Lipinski definition) is 0. The first kappa shape index (κ1) is 27.4. The summed E-state index contributed by atoms with van der Waals surface area (Å²) < 4.78 is 0. The van der Waals surface area contributed by atoms with Gasteiger partial charge in [-0.2, -0.15) is 0 Å². The molecule has 0 aliphatic heterocycles. The maximum atomic E-state index is 2.46. The molecule has 0 fully saturated rings. The van der Waals surface area contributed by atoms with Crippen molar-refractivity contribution in [1.29, 1.82) is 0 Å². The van der Waals surface area contributed by atoms with Crippen LogP contribution < -0.4 is 0 Å². The predicted octanol–water partition coefficient (Wildman–Crippen LogP) is 9.09. The maximum Gasteiger partial charge on any atom is 0.00891 e. The van der Waals surface area contributed by atoms with E-state index < -0.39 is 0 Å². The molecule has 1 nitrogen and oxygen atoms in total. The van der Waals surface area contributed by atoms with E-state index in [0.29, 0.717) is 0 Å². The lowest BCUT2D eigenvalue weighted by Crippen LogP contribution is -2.27. The van der Waals surface area contributed by atoms with Crippen LogP contribution in [0.3, 0.4) is 0 Å². The van der Waals surface area contributed by atoms with Crippen LogP contribution in [-0.2, 0) is 0 Å². The van der Waals surface area contributed by atoms with Crippen LogP contribution in [0.4, 0.5) is 0 Å². The van der Waals surface area contributed by atoms with Gasteiger partial charge in [-0.15, -0.1) is 0 Å². The molecule has 0 saturated heterocycles. The summed E-state index contributed by atoms with van der Waals surface area (Å²) in [6.07, 6.45) is 34.0. The van der Waals surface area contributed by atoms with Gasteiger partial charge in [-0.1, -0.05) is 109 Å². The third kappa shape index (κ3) is 20.2. The monoisotopic (exact) mass is 391 g/mol. The Morgan fingerprint density at radius 3 is 1.50 bits per heavy atom. The zero-order valence-corrected chi connectivity index (χ0v) is 20.1. The second kappa shape index (κ2) is 22.7. The van der Waals surface area contributed by atoms with E-state index in [1.165, 1.54) is 109 Å². The van der Waals surface area contributed by atoms with Crippen LogP contribution in [0.2, 0.25) is 0 Å². The summed E-state index contributed by atoms with van der Waals surface area (Å²) in [6.45, 7) is 4.57. The molecule has 0 aliphatic rings. The lowest BCUT2D eigenvalue weighted by molar-refractivity contribution is 0.251. The zero-order valence-electron chi connectivity index (χ0n) is 20.1. The first-order chi connectivity index (χ1) is 13.7. The van der Waals surface area contributed by atoms with Gasteiger partial charge in [0.1, 0.15) is 0 Å². The fraction of sp³-hybridized carbons (Fsp3) is 0.852. The van der Waals surface area contributed by atoms with Crippen LogP contribution >= 0.6 is 0 Å². The summed E-state index contributed by atoms with van der Waals surface area (Å²) in [4.78, 5) is 2.46. The van der Waals surface area contributed by atoms with Crippen LogP contribution in [0.1, 0.15) is 129 Å². The Morgan fingerprint density at radius 1 is 0.536 bits per heavy atom. The highest BCUT2D eigenvalue weighted by Gasteiger charge is 2.10. The molecule has 0 bridgehead atoms. The minimum absolute atomic E-state index is 0.805. The molecule has 0 N–H and O–H groups in total. The van der Waals surface area contributed by atoms with E-state index in [4.69, 9.17) is 0 Å². The molecule has 1 unspecified atom stereocenters. The molecule has 0 radical (unpaired) electrons. The Kier molecular flexibility index (Phi) is 22.3. The van der Waals surface area contributed by atoms with Crippen LogP contribution in [0.25, 0.3) is 0 Å². The lowest BCUT2D eigenvalue weighted by Gasteiger charge is -2.24. The van der Waals surface area contributed by atoms with E-state index >= 15 is 0 Å². The van der Waals surface area contributed by atoms with Crippen LogP contribution in [-0.4, -0.2) is 25.0 Å². The molecule has 0 heterocycles. The highest BCUT2D eigenvalue weighted by molar-refractivity contribution is 4.92. The fourth-order valence-corrected chi connectivity index (χ4v) is 3.84. The molecule has 28 heavy (non-hydrogen) atoms. The van der Waals surface area contributed by atoms with Gasteiger partial charge in [0.05, 0.1) is 0 Å². The van der Waals surface area contributed by atoms with E-state index in [9.17, 15) is 0 Å². The molecule has 0 aromatic heterocycles. The molecule has 0 amide bonds. The van der Waals surface area contributed by atoms with E-state index in [-0.39, 0.29) is 0 Å². The van der Waals surface area contributed by atoms with E-state index in [0.717, 1.165) is 12.5 Å². The lowest BCUT2D eigenvalue weighted by atomic mass is 9.99. The molecule has 1 atom stereocenters. The normalized spacial score (nSPS) is 13.3. The van der Waals surface area contributed by atoms with Crippen LogP contribution in [0.15, 0.2) is 24.3 Å². The number of unbranched alkanes of at least 4 members (excludes halogenated alkanes) is 12. The first-order valence-corrected chi connectivity index (χ1v) is 12.7. The summed E-state index contributed by atoms with van der Waals surface area (Å²) in [7, 11) is 4.53. The van der Waals surface area contributed by atoms with Gasteiger partial charge >= 0.3 is 0 Å². The fourth-order valence-electron chi connectivity index (χ4n) is 3.84. The van der Waals surface area contributed by atoms with Crippen molar-refractivity contribution in [3.8, 4) is 0 Å². The van der Waals surface area contributed by atoms with Crippen molar-refractivity contribution in [3.63, 3.8) is 0 Å². The molecule has 166 valence electrons. The Hall–Kier alpha value is -0.560. The average molecular weight is 392 g/mol. The van der Waals surface area contributed by atoms with Gasteiger partial charge in [-0.05, 0) is 59.0 Å². The van der Waals surface area contributed by atoms with Crippen molar-refractivity contribution in [1.82, 2.24) is 4.90 Å². The van der Waals surface area contributed by atoms with Crippen LogP contribution in [0.5, 0.6) is 0 Å². The number of nitrogens with zero attached hydrogens (tertiary/aromatic N) is 1. The first-order valence-electron chi connectivity index (χ1n) is 12.7. The van der Waals surface area contributed by atoms with E-state index in [2.05, 4.69) is 57.1 Å². The summed E-state index contributed by atoms with van der Waals surface area (Å²) >= 11 is 0. The van der Waals surface area contributed by atoms with Crippen molar-refractivity contribution in [2.75, 3.05) is 14.1 Å². The van der Waals surface area contributed by atoms with E-state index in [1.54, 1.807) is 0 Å². The average Bonchev–Trinajstić information content (AvgIpc) is 2.68. The number of allylic oxidation sites excluding steroid dienone is 4. The minimum atomic E-state index is 0.805. The SMILES string of the molecule is CCCCC/C=C\CC=CCCCCCCCC(CCCCCCC)N(C)C. The van der Waals surface area contributed by atoms with Gasteiger partial charge in [0.2, 0.25) is 0 Å². The van der Waals surface area contributed by atoms with Gasteiger partial charge < -0.3 is 4.90 Å². The minimum Gasteiger partial charge on any atom is -0.306 e. The standard InChI is InChI=1S/C27H53N/c1-5-7-9-11-12-13-14-15-16-17-18-19-20-22-24-26-27(28(3)4)25-23-21-10-8-6-2/h12-13,15-16,27H,5-11,14,17-26H2,1-4H3/b13-12-,16-15?. The van der Waals surface area contributed by atoms with Gasteiger partial charge in [0, 0.05) is 6.04 Å². The summed E-state index contributed by atoms with van der Waals surface area (Å²) in [5.41, 5.74) is 0. The van der Waals surface area contributed by atoms with Crippen molar-refractivity contribution >= 4 is 0 Å². The molecular weight excluding hydrogens is 338 g/mol. The molecule has 0 rings (SSSR count). The molecular formula is C27H53N. The molecule has 0 saturated carbocycles. The molecule has 0 aromatic carbocycles. The third-order valence-corrected chi connectivity index (χ3v) is 5.86. The largest absolute Gasteiger partial charge is 0.306 e. The Bertz CT molecular complexity index is 342. The quantitative estimate of drug-likeness (QED) is 0.139. The summed E-state index contributed by atoms with van der Waals surface area (Å²) in [6, 6.07) is 0.805. The van der Waals surface area contributed by atoms with E-state index in [1.807, 2.05) is 0 Å². The van der Waals surface area contributed by atoms with Crippen molar-refractivity contribution in [3.05, 3.63) is 24.3 Å². The molecule has 0 aliphatic carbocycles. The second-order valence-corrected chi connectivity index (χ2v) is 8.84. The van der Waals surface area contributed by atoms with Gasteiger partial charge in [0.25, 0.3) is 0 Å². The highest BCUT2D eigenvalue weighted by Crippen LogP contribution is 2.16. The topological polar surface area (TPSA) is 3.24 Å². The molecule has 0 spiro atoms. The third-order valence-electron chi connectivity index (χ3n) is 5.86. The number of rotatable bonds is 21. The summed E-state index contributed by atoms with van der Waals surface area (Å²) in [5, 5.41) is 0. The summed E-state index contributed by atoms with van der Waals surface area (Å²) in [5.74, 6) is 0. The number of hydrogen-bond acceptors (Lipinski definition) is 1. The zero-order chi connectivity index (χ0) is 20.7. The van der Waals surface area contributed by atoms with Gasteiger partial charge in [-0.3, -0.25) is 0 Å². The Balaban J connectivity index is 3.49. The van der Waals surface area contributed by atoms with Gasteiger partial charge in [-0.25, -0.2) is 0 Å². The Labute approximate surface area is 179 Å². The van der Waals surface area contributed by atoms with Crippen molar-refractivity contribution in [2.24, 2.45) is 0 Å². The molecule has 1 heteroatoms. The predicted molar refractivity (Wildman–Crippen MR) is 130 cm³/mol. The second-order valence-electron chi connectivity index (χ2n) is 8.84. The Morgan fingerprint density at radius 2 is 0.964 bits per heavy atom. The van der Waals surface area contributed by atoms with Crippen LogP contribution in [0, 0.1) is 0 Å². The highest BCUT2D eigenvalue weighted by atomic mass is 15.1. The van der Waals surface area contributed by atoms with Gasteiger partial charge in [0.15, 0.2) is 0 Å². The molecule has 0 aromatic rings.